The number of piperazine rings is 1. The highest BCUT2D eigenvalue weighted by Gasteiger charge is 2.27. The fraction of sp³-hybridized carbons (Fsp3) is 0.391. The molecule has 0 saturated carbocycles. The molecule has 1 fully saturated rings. The van der Waals surface area contributed by atoms with Crippen LogP contribution in [0.3, 0.4) is 0 Å². The van der Waals surface area contributed by atoms with Gasteiger partial charge in [0.15, 0.2) is 0 Å². The first-order chi connectivity index (χ1) is 14.1. The molecule has 0 radical (unpaired) electrons. The maximum absolute atomic E-state index is 12.9. The Kier molecular flexibility index (Phi) is 7.36. The number of rotatable bonds is 7. The molecule has 1 heterocycles. The number of nitrogens with zero attached hydrogens (tertiary/aromatic N) is 2. The Morgan fingerprint density at radius 2 is 1.66 bits per heavy atom. The Bertz CT molecular complexity index is 803. The summed E-state index contributed by atoms with van der Waals surface area (Å²) in [6.07, 6.45) is 0.790. The van der Waals surface area contributed by atoms with E-state index in [1.807, 2.05) is 35.2 Å². The van der Waals surface area contributed by atoms with Crippen molar-refractivity contribution in [2.45, 2.75) is 19.3 Å². The van der Waals surface area contributed by atoms with E-state index in [4.69, 9.17) is 0 Å². The molecule has 2 aromatic rings. The van der Waals surface area contributed by atoms with Crippen molar-refractivity contribution >= 4 is 11.8 Å². The predicted molar refractivity (Wildman–Crippen MR) is 111 cm³/mol. The van der Waals surface area contributed by atoms with Crippen molar-refractivity contribution < 1.29 is 14.0 Å². The quantitative estimate of drug-likeness (QED) is 0.782. The van der Waals surface area contributed by atoms with Gasteiger partial charge in [-0.05, 0) is 36.2 Å². The SMILES string of the molecule is CCC(C(=O)N1CCN(CCNC(=O)c2ccc(F)cc2)CC1)c1ccccc1. The van der Waals surface area contributed by atoms with Gasteiger partial charge in [0, 0.05) is 44.8 Å². The molecular formula is C23H28FN3O2. The van der Waals surface area contributed by atoms with Gasteiger partial charge in [-0.2, -0.15) is 0 Å². The van der Waals surface area contributed by atoms with Crippen LogP contribution in [-0.4, -0.2) is 60.9 Å². The molecular weight excluding hydrogens is 369 g/mol. The van der Waals surface area contributed by atoms with Crippen LogP contribution in [0.25, 0.3) is 0 Å². The summed E-state index contributed by atoms with van der Waals surface area (Å²) in [5.41, 5.74) is 1.53. The number of halogens is 1. The molecule has 0 aliphatic carbocycles. The summed E-state index contributed by atoms with van der Waals surface area (Å²) in [5.74, 6) is -0.445. The molecule has 0 spiro atoms. The van der Waals surface area contributed by atoms with Crippen LogP contribution >= 0.6 is 0 Å². The summed E-state index contributed by atoms with van der Waals surface area (Å²) in [6.45, 7) is 6.29. The second-order valence-corrected chi connectivity index (χ2v) is 7.30. The Labute approximate surface area is 171 Å². The van der Waals surface area contributed by atoms with Crippen LogP contribution in [0.15, 0.2) is 54.6 Å². The highest BCUT2D eigenvalue weighted by atomic mass is 19.1. The number of amides is 2. The average Bonchev–Trinajstić information content (AvgIpc) is 2.76. The van der Waals surface area contributed by atoms with Crippen LogP contribution in [-0.2, 0) is 4.79 Å². The first kappa shape index (κ1) is 21.0. The maximum atomic E-state index is 12.9. The molecule has 3 rings (SSSR count). The van der Waals surface area contributed by atoms with E-state index < -0.39 is 0 Å². The summed E-state index contributed by atoms with van der Waals surface area (Å²) in [5, 5.41) is 2.86. The van der Waals surface area contributed by atoms with Gasteiger partial charge in [-0.1, -0.05) is 37.3 Å². The second kappa shape index (κ2) is 10.2. The van der Waals surface area contributed by atoms with Gasteiger partial charge in [-0.15, -0.1) is 0 Å². The van der Waals surface area contributed by atoms with Crippen LogP contribution in [0, 0.1) is 5.82 Å². The van der Waals surface area contributed by atoms with Crippen molar-refractivity contribution in [3.05, 3.63) is 71.5 Å². The van der Waals surface area contributed by atoms with Gasteiger partial charge >= 0.3 is 0 Å². The zero-order valence-corrected chi connectivity index (χ0v) is 16.8. The van der Waals surface area contributed by atoms with Crippen molar-refractivity contribution in [2.24, 2.45) is 0 Å². The van der Waals surface area contributed by atoms with Crippen molar-refractivity contribution in [1.82, 2.24) is 15.1 Å². The number of benzene rings is 2. The smallest absolute Gasteiger partial charge is 0.251 e. The normalized spacial score (nSPS) is 15.7. The molecule has 6 heteroatoms. The lowest BCUT2D eigenvalue weighted by atomic mass is 9.95. The minimum atomic E-state index is -0.355. The number of carbonyl (C=O) groups is 2. The summed E-state index contributed by atoms with van der Waals surface area (Å²) in [7, 11) is 0. The number of nitrogens with one attached hydrogen (secondary N) is 1. The molecule has 2 amide bonds. The molecule has 0 bridgehead atoms. The topological polar surface area (TPSA) is 52.7 Å². The van der Waals surface area contributed by atoms with Gasteiger partial charge < -0.3 is 10.2 Å². The standard InChI is InChI=1S/C23H28FN3O2/c1-2-21(18-6-4-3-5-7-18)23(29)27-16-14-26(15-17-27)13-12-25-22(28)19-8-10-20(24)11-9-19/h3-11,21H,2,12-17H2,1H3,(H,25,28). The molecule has 29 heavy (non-hydrogen) atoms. The van der Waals surface area contributed by atoms with E-state index in [1.54, 1.807) is 0 Å². The fourth-order valence-corrected chi connectivity index (χ4v) is 3.68. The molecule has 1 unspecified atom stereocenters. The minimum absolute atomic E-state index is 0.0854. The van der Waals surface area contributed by atoms with Crippen molar-refractivity contribution in [3.63, 3.8) is 0 Å². The van der Waals surface area contributed by atoms with Gasteiger partial charge in [0.2, 0.25) is 5.91 Å². The van der Waals surface area contributed by atoms with E-state index in [9.17, 15) is 14.0 Å². The number of hydrogen-bond acceptors (Lipinski definition) is 3. The van der Waals surface area contributed by atoms with E-state index in [-0.39, 0.29) is 23.5 Å². The predicted octanol–water partition coefficient (Wildman–Crippen LogP) is 2.89. The molecule has 0 aromatic heterocycles. The van der Waals surface area contributed by atoms with Crippen molar-refractivity contribution in [2.75, 3.05) is 39.3 Å². The summed E-state index contributed by atoms with van der Waals surface area (Å²) in [6, 6.07) is 15.5. The molecule has 5 nitrogen and oxygen atoms in total. The lowest BCUT2D eigenvalue weighted by Gasteiger charge is -2.36. The lowest BCUT2D eigenvalue weighted by Crippen LogP contribution is -2.51. The number of carbonyl (C=O) groups excluding carboxylic acids is 2. The summed E-state index contributed by atoms with van der Waals surface area (Å²) < 4.78 is 12.9. The van der Waals surface area contributed by atoms with Crippen LogP contribution in [0.4, 0.5) is 4.39 Å². The Balaban J connectivity index is 1.42. The van der Waals surface area contributed by atoms with Crippen LogP contribution < -0.4 is 5.32 Å². The molecule has 1 saturated heterocycles. The third-order valence-electron chi connectivity index (χ3n) is 5.41. The highest BCUT2D eigenvalue weighted by molar-refractivity contribution is 5.94. The molecule has 1 atom stereocenters. The minimum Gasteiger partial charge on any atom is -0.351 e. The number of hydrogen-bond donors (Lipinski definition) is 1. The van der Waals surface area contributed by atoms with Gasteiger partial charge in [0.05, 0.1) is 5.92 Å². The van der Waals surface area contributed by atoms with E-state index in [0.29, 0.717) is 25.2 Å². The largest absolute Gasteiger partial charge is 0.351 e. The maximum Gasteiger partial charge on any atom is 0.251 e. The van der Waals surface area contributed by atoms with E-state index >= 15 is 0 Å². The average molecular weight is 397 g/mol. The Morgan fingerprint density at radius 1 is 1.00 bits per heavy atom. The first-order valence-electron chi connectivity index (χ1n) is 10.2. The van der Waals surface area contributed by atoms with E-state index in [0.717, 1.165) is 31.6 Å². The first-order valence-corrected chi connectivity index (χ1v) is 10.2. The van der Waals surface area contributed by atoms with Crippen molar-refractivity contribution in [3.8, 4) is 0 Å². The third kappa shape index (κ3) is 5.64. The van der Waals surface area contributed by atoms with Gasteiger partial charge in [-0.25, -0.2) is 4.39 Å². The molecule has 154 valence electrons. The van der Waals surface area contributed by atoms with Gasteiger partial charge in [0.1, 0.15) is 5.82 Å². The summed E-state index contributed by atoms with van der Waals surface area (Å²) in [4.78, 5) is 29.2. The molecule has 1 aliphatic rings. The van der Waals surface area contributed by atoms with Gasteiger partial charge in [-0.3, -0.25) is 14.5 Å². The Hall–Kier alpha value is -2.73. The van der Waals surface area contributed by atoms with Crippen LogP contribution in [0.2, 0.25) is 0 Å². The van der Waals surface area contributed by atoms with Gasteiger partial charge in [0.25, 0.3) is 5.91 Å². The summed E-state index contributed by atoms with van der Waals surface area (Å²) >= 11 is 0. The molecule has 1 N–H and O–H groups in total. The van der Waals surface area contributed by atoms with Crippen molar-refractivity contribution in [1.29, 1.82) is 0 Å². The highest BCUT2D eigenvalue weighted by Crippen LogP contribution is 2.22. The van der Waals surface area contributed by atoms with Crippen LogP contribution in [0.1, 0.15) is 35.2 Å². The monoisotopic (exact) mass is 397 g/mol. The lowest BCUT2D eigenvalue weighted by molar-refractivity contribution is -0.134. The van der Waals surface area contributed by atoms with E-state index in [2.05, 4.69) is 17.1 Å². The van der Waals surface area contributed by atoms with Crippen LogP contribution in [0.5, 0.6) is 0 Å². The Morgan fingerprint density at radius 3 is 2.28 bits per heavy atom. The zero-order chi connectivity index (χ0) is 20.6. The van der Waals surface area contributed by atoms with E-state index in [1.165, 1.54) is 24.3 Å². The second-order valence-electron chi connectivity index (χ2n) is 7.30. The molecule has 2 aromatic carbocycles. The fourth-order valence-electron chi connectivity index (χ4n) is 3.68. The molecule has 1 aliphatic heterocycles. The third-order valence-corrected chi connectivity index (χ3v) is 5.41. The zero-order valence-electron chi connectivity index (χ0n) is 16.8.